The third-order valence-corrected chi connectivity index (χ3v) is 4.60. The van der Waals surface area contributed by atoms with Crippen molar-refractivity contribution < 1.29 is 13.6 Å². The Balaban J connectivity index is 1.72. The van der Waals surface area contributed by atoms with Crippen LogP contribution in [0, 0.1) is 22.6 Å². The number of rotatable bonds is 2. The van der Waals surface area contributed by atoms with Crippen LogP contribution in [0.25, 0.3) is 22.9 Å². The van der Waals surface area contributed by atoms with E-state index in [1.54, 1.807) is 12.1 Å². The van der Waals surface area contributed by atoms with Crippen molar-refractivity contribution in [2.24, 2.45) is 5.41 Å². The van der Waals surface area contributed by atoms with Crippen molar-refractivity contribution in [1.29, 1.82) is 5.26 Å². The Labute approximate surface area is 155 Å². The molecule has 0 radical (unpaired) electrons. The van der Waals surface area contributed by atoms with Gasteiger partial charge in [0, 0.05) is 17.5 Å². The van der Waals surface area contributed by atoms with Crippen molar-refractivity contribution in [3.63, 3.8) is 0 Å². The molecule has 27 heavy (non-hydrogen) atoms. The number of hydrogen-bond acceptors (Lipinski definition) is 5. The summed E-state index contributed by atoms with van der Waals surface area (Å²) in [5.41, 5.74) is 2.41. The predicted octanol–water partition coefficient (Wildman–Crippen LogP) is 4.57. The number of fused-ring (bicyclic) bond motifs is 1. The molecule has 6 heteroatoms. The monoisotopic (exact) mass is 361 g/mol. The zero-order valence-corrected chi connectivity index (χ0v) is 14.9. The van der Waals surface area contributed by atoms with Crippen LogP contribution in [-0.2, 0) is 6.42 Å². The number of nitriles is 1. The van der Waals surface area contributed by atoms with E-state index in [4.69, 9.17) is 9.68 Å². The fourth-order valence-corrected chi connectivity index (χ4v) is 3.38. The highest BCUT2D eigenvalue weighted by atomic mass is 19.1. The van der Waals surface area contributed by atoms with Gasteiger partial charge in [0.25, 0.3) is 0 Å². The van der Waals surface area contributed by atoms with Crippen LogP contribution in [0.5, 0.6) is 0 Å². The molecule has 3 aromatic rings. The third-order valence-electron chi connectivity index (χ3n) is 4.60. The van der Waals surface area contributed by atoms with E-state index in [-0.39, 0.29) is 22.7 Å². The predicted molar refractivity (Wildman–Crippen MR) is 96.3 cm³/mol. The molecule has 0 amide bonds. The summed E-state index contributed by atoms with van der Waals surface area (Å²) >= 11 is 0. The second-order valence-electron chi connectivity index (χ2n) is 7.50. The number of hydrogen-bond donors (Lipinski definition) is 0. The smallest absolute Gasteiger partial charge is 0.245 e. The van der Waals surface area contributed by atoms with Gasteiger partial charge in [-0.1, -0.05) is 13.8 Å². The number of ketones is 1. The van der Waals surface area contributed by atoms with Gasteiger partial charge in [0.05, 0.1) is 23.5 Å². The Kier molecular flexibility index (Phi) is 3.88. The zero-order valence-electron chi connectivity index (χ0n) is 14.9. The maximum atomic E-state index is 13.7. The van der Waals surface area contributed by atoms with Crippen molar-refractivity contribution >= 4 is 5.78 Å². The molecule has 0 saturated heterocycles. The molecule has 0 atom stereocenters. The molecule has 0 fully saturated rings. The average molecular weight is 361 g/mol. The number of carbonyl (C=O) groups excluding carboxylic acids is 1. The van der Waals surface area contributed by atoms with E-state index in [0.29, 0.717) is 35.4 Å². The lowest BCUT2D eigenvalue weighted by molar-refractivity contribution is 0.0910. The van der Waals surface area contributed by atoms with Crippen LogP contribution in [0.2, 0.25) is 0 Å². The highest BCUT2D eigenvalue weighted by Gasteiger charge is 2.32. The summed E-state index contributed by atoms with van der Waals surface area (Å²) in [5, 5.41) is 8.99. The normalized spacial score (nSPS) is 15.3. The largest absolute Gasteiger partial charge is 0.435 e. The SMILES string of the molecule is CC1(C)CC(=O)c2ccc(-c3ncc(-c4cc(F)cc(C#N)c4)o3)nc2C1. The molecule has 0 unspecified atom stereocenters. The molecule has 4 rings (SSSR count). The number of halogens is 1. The molecular weight excluding hydrogens is 345 g/mol. The number of pyridine rings is 1. The van der Waals surface area contributed by atoms with Crippen LogP contribution in [0.4, 0.5) is 4.39 Å². The minimum atomic E-state index is -0.519. The molecule has 1 aromatic carbocycles. The zero-order chi connectivity index (χ0) is 19.2. The van der Waals surface area contributed by atoms with Gasteiger partial charge in [-0.25, -0.2) is 14.4 Å². The lowest BCUT2D eigenvalue weighted by Crippen LogP contribution is -2.27. The summed E-state index contributed by atoms with van der Waals surface area (Å²) in [6.07, 6.45) is 2.68. The second-order valence-corrected chi connectivity index (χ2v) is 7.50. The number of nitrogens with zero attached hydrogens (tertiary/aromatic N) is 3. The van der Waals surface area contributed by atoms with E-state index in [1.807, 2.05) is 19.9 Å². The molecular formula is C21H16FN3O2. The average Bonchev–Trinajstić information content (AvgIpc) is 3.09. The Morgan fingerprint density at radius 2 is 2.04 bits per heavy atom. The van der Waals surface area contributed by atoms with Crippen molar-refractivity contribution in [3.05, 3.63) is 59.2 Å². The maximum Gasteiger partial charge on any atom is 0.245 e. The van der Waals surface area contributed by atoms with Crippen molar-refractivity contribution in [2.45, 2.75) is 26.7 Å². The minimum Gasteiger partial charge on any atom is -0.435 e. The summed E-state index contributed by atoms with van der Waals surface area (Å²) in [7, 11) is 0. The fourth-order valence-electron chi connectivity index (χ4n) is 3.38. The third kappa shape index (κ3) is 3.24. The summed E-state index contributed by atoms with van der Waals surface area (Å²) in [4.78, 5) is 21.1. The van der Waals surface area contributed by atoms with Gasteiger partial charge in [0.1, 0.15) is 11.5 Å². The first-order valence-electron chi connectivity index (χ1n) is 8.55. The first-order chi connectivity index (χ1) is 12.8. The molecule has 0 bridgehead atoms. The number of oxazole rings is 1. The van der Waals surface area contributed by atoms with Gasteiger partial charge in [-0.15, -0.1) is 0 Å². The van der Waals surface area contributed by atoms with Gasteiger partial charge in [-0.3, -0.25) is 4.79 Å². The molecule has 5 nitrogen and oxygen atoms in total. The molecule has 0 aliphatic heterocycles. The van der Waals surface area contributed by atoms with E-state index in [9.17, 15) is 9.18 Å². The van der Waals surface area contributed by atoms with Gasteiger partial charge in [0.2, 0.25) is 5.89 Å². The maximum absolute atomic E-state index is 13.7. The molecule has 1 aliphatic rings. The lowest BCUT2D eigenvalue weighted by atomic mass is 9.75. The second kappa shape index (κ2) is 6.13. The summed E-state index contributed by atoms with van der Waals surface area (Å²) < 4.78 is 19.4. The molecule has 0 spiro atoms. The Morgan fingerprint density at radius 1 is 1.22 bits per heavy atom. The molecule has 0 N–H and O–H groups in total. The molecule has 2 aromatic heterocycles. The summed E-state index contributed by atoms with van der Waals surface area (Å²) in [5.74, 6) is 0.204. The van der Waals surface area contributed by atoms with E-state index < -0.39 is 5.82 Å². The molecule has 0 saturated carbocycles. The van der Waals surface area contributed by atoms with Crippen molar-refractivity contribution in [1.82, 2.24) is 9.97 Å². The van der Waals surface area contributed by atoms with Gasteiger partial charge in [-0.2, -0.15) is 5.26 Å². The van der Waals surface area contributed by atoms with Gasteiger partial charge >= 0.3 is 0 Å². The Hall–Kier alpha value is -3.33. The fraction of sp³-hybridized carbons (Fsp3) is 0.238. The minimum absolute atomic E-state index is 0.0946. The van der Waals surface area contributed by atoms with Crippen molar-refractivity contribution in [3.8, 4) is 29.0 Å². The van der Waals surface area contributed by atoms with Crippen LogP contribution in [0.15, 0.2) is 40.9 Å². The molecule has 134 valence electrons. The number of benzene rings is 1. The van der Waals surface area contributed by atoms with E-state index in [0.717, 1.165) is 11.8 Å². The van der Waals surface area contributed by atoms with Crippen molar-refractivity contribution in [2.75, 3.05) is 0 Å². The van der Waals surface area contributed by atoms with E-state index >= 15 is 0 Å². The lowest BCUT2D eigenvalue weighted by Gasteiger charge is -2.29. The Bertz CT molecular complexity index is 1110. The first kappa shape index (κ1) is 17.1. The summed E-state index contributed by atoms with van der Waals surface area (Å²) in [6.45, 7) is 4.09. The quantitative estimate of drug-likeness (QED) is 0.668. The van der Waals surface area contributed by atoms with E-state index in [2.05, 4.69) is 9.97 Å². The number of carbonyl (C=O) groups is 1. The van der Waals surface area contributed by atoms with Crippen LogP contribution < -0.4 is 0 Å². The standard InChI is InChI=1S/C21H16FN3O2/c1-21(2)8-17-15(18(26)9-21)3-4-16(25-17)20-24-11-19(27-20)13-5-12(10-23)6-14(22)7-13/h3-7,11H,8-9H2,1-2H3. The van der Waals surface area contributed by atoms with Gasteiger partial charge in [-0.05, 0) is 42.2 Å². The molecule has 2 heterocycles. The Morgan fingerprint density at radius 3 is 2.81 bits per heavy atom. The highest BCUT2D eigenvalue weighted by Crippen LogP contribution is 2.35. The van der Waals surface area contributed by atoms with Gasteiger partial charge in [0.15, 0.2) is 11.5 Å². The first-order valence-corrected chi connectivity index (χ1v) is 8.55. The van der Waals surface area contributed by atoms with Crippen LogP contribution in [-0.4, -0.2) is 15.8 Å². The summed E-state index contributed by atoms with van der Waals surface area (Å²) in [6, 6.07) is 9.36. The van der Waals surface area contributed by atoms with E-state index in [1.165, 1.54) is 18.3 Å². The number of aromatic nitrogens is 2. The number of Topliss-reactive ketones (excluding diaryl/α,β-unsaturated/α-hetero) is 1. The van der Waals surface area contributed by atoms with Crippen LogP contribution >= 0.6 is 0 Å². The van der Waals surface area contributed by atoms with Gasteiger partial charge < -0.3 is 4.42 Å². The topological polar surface area (TPSA) is 79.8 Å². The van der Waals surface area contributed by atoms with Crippen LogP contribution in [0.3, 0.4) is 0 Å². The van der Waals surface area contributed by atoms with Crippen LogP contribution in [0.1, 0.15) is 41.9 Å². The molecule has 1 aliphatic carbocycles. The highest BCUT2D eigenvalue weighted by molar-refractivity contribution is 5.98.